The lowest BCUT2D eigenvalue weighted by Gasteiger charge is -2.18. The van der Waals surface area contributed by atoms with Crippen molar-refractivity contribution in [3.63, 3.8) is 0 Å². The maximum absolute atomic E-state index is 13.0. The Hall–Kier alpha value is -4.23. The first-order valence-corrected chi connectivity index (χ1v) is 12.7. The third kappa shape index (κ3) is 6.75. The number of aromatic nitrogens is 1. The third-order valence-corrected chi connectivity index (χ3v) is 6.62. The number of hydrogen-bond donors (Lipinski definition) is 1. The number of likely N-dealkylation sites (N-methyl/N-ethyl adjacent to an activating group) is 1. The summed E-state index contributed by atoms with van der Waals surface area (Å²) in [5, 5.41) is 10.5. The molecular weight excluding hydrogens is 478 g/mol. The molecule has 0 saturated carbocycles. The van der Waals surface area contributed by atoms with E-state index in [0.29, 0.717) is 29.9 Å². The number of aryl methyl sites for hydroxylation is 1. The summed E-state index contributed by atoms with van der Waals surface area (Å²) >= 11 is 0. The molecule has 0 spiro atoms. The van der Waals surface area contributed by atoms with Crippen molar-refractivity contribution in [1.29, 1.82) is 0 Å². The van der Waals surface area contributed by atoms with Crippen LogP contribution in [0.1, 0.15) is 27.0 Å². The number of carbonyl (C=O) groups is 2. The number of aldehydes is 1. The second-order valence-electron chi connectivity index (χ2n) is 9.27. The van der Waals surface area contributed by atoms with Crippen LogP contribution in [0.3, 0.4) is 0 Å². The Bertz CT molecular complexity index is 1430. The molecule has 0 unspecified atom stereocenters. The first-order chi connectivity index (χ1) is 18.5. The molecule has 0 saturated heterocycles. The largest absolute Gasteiger partial charge is 0.441 e. The van der Waals surface area contributed by atoms with Gasteiger partial charge >= 0.3 is 0 Å². The Morgan fingerprint density at radius 1 is 1.05 bits per heavy atom. The molecule has 1 aromatic heterocycles. The number of hydrogen-bond acceptors (Lipinski definition) is 5. The zero-order chi connectivity index (χ0) is 26.9. The minimum absolute atomic E-state index is 0.0598. The molecule has 0 aliphatic rings. The van der Waals surface area contributed by atoms with Crippen LogP contribution in [0.15, 0.2) is 84.0 Å². The molecule has 0 radical (unpaired) electrons. The van der Waals surface area contributed by atoms with Gasteiger partial charge in [-0.15, -0.1) is 0 Å². The number of nitrogens with zero attached hydrogens (tertiary/aromatic N) is 3. The normalized spacial score (nSPS) is 11.5. The minimum atomic E-state index is -0.336. The molecule has 4 rings (SSSR count). The van der Waals surface area contributed by atoms with Crippen molar-refractivity contribution in [1.82, 2.24) is 9.47 Å². The van der Waals surface area contributed by atoms with Gasteiger partial charge in [-0.3, -0.25) is 14.6 Å². The molecule has 1 heterocycles. The Balaban J connectivity index is 1.46. The smallest absolute Gasteiger partial charge is 0.242 e. The van der Waals surface area contributed by atoms with Crippen molar-refractivity contribution < 1.29 is 19.4 Å². The van der Waals surface area contributed by atoms with Crippen molar-refractivity contribution in [3.05, 3.63) is 101 Å². The van der Waals surface area contributed by atoms with Crippen molar-refractivity contribution in [2.24, 2.45) is 4.99 Å². The van der Waals surface area contributed by atoms with Crippen molar-refractivity contribution in [2.75, 3.05) is 26.7 Å². The highest BCUT2D eigenvalue weighted by atomic mass is 16.5. The van der Waals surface area contributed by atoms with Crippen LogP contribution in [-0.4, -0.2) is 59.4 Å². The van der Waals surface area contributed by atoms with Crippen LogP contribution in [0, 0.1) is 6.92 Å². The van der Waals surface area contributed by atoms with Gasteiger partial charge in [-0.2, -0.15) is 0 Å². The molecule has 7 heteroatoms. The number of ether oxygens (including phenoxy) is 1. The Kier molecular flexibility index (Phi) is 9.06. The minimum Gasteiger partial charge on any atom is -0.441 e. The van der Waals surface area contributed by atoms with E-state index in [2.05, 4.69) is 24.0 Å². The highest BCUT2D eigenvalue weighted by Crippen LogP contribution is 2.26. The second-order valence-corrected chi connectivity index (χ2v) is 9.27. The number of amides is 1. The first-order valence-electron chi connectivity index (χ1n) is 12.7. The van der Waals surface area contributed by atoms with Gasteiger partial charge in [0.1, 0.15) is 18.9 Å². The maximum Gasteiger partial charge on any atom is 0.242 e. The van der Waals surface area contributed by atoms with Crippen LogP contribution < -0.4 is 4.74 Å². The highest BCUT2D eigenvalue weighted by molar-refractivity contribution is 5.99. The predicted molar refractivity (Wildman–Crippen MR) is 150 cm³/mol. The summed E-state index contributed by atoms with van der Waals surface area (Å²) in [5.41, 5.74) is 4.77. The fourth-order valence-corrected chi connectivity index (χ4v) is 4.36. The second kappa shape index (κ2) is 12.8. The summed E-state index contributed by atoms with van der Waals surface area (Å²) in [4.78, 5) is 30.8. The summed E-state index contributed by atoms with van der Waals surface area (Å²) in [5.74, 6) is 0.627. The van der Waals surface area contributed by atoms with Gasteiger partial charge in [0.2, 0.25) is 11.8 Å². The van der Waals surface area contributed by atoms with E-state index in [4.69, 9.17) is 4.74 Å². The summed E-state index contributed by atoms with van der Waals surface area (Å²) in [6.45, 7) is 2.90. The topological polar surface area (TPSA) is 84.1 Å². The molecule has 196 valence electrons. The number of aliphatic hydroxyl groups excluding tert-OH is 1. The van der Waals surface area contributed by atoms with Gasteiger partial charge in [0.05, 0.1) is 5.52 Å². The Morgan fingerprint density at radius 3 is 2.55 bits per heavy atom. The van der Waals surface area contributed by atoms with Gasteiger partial charge in [0.15, 0.2) is 6.29 Å². The molecule has 0 aliphatic heterocycles. The molecule has 3 aromatic carbocycles. The van der Waals surface area contributed by atoms with Crippen LogP contribution in [-0.2, 0) is 24.2 Å². The lowest BCUT2D eigenvalue weighted by atomic mass is 10.1. The van der Waals surface area contributed by atoms with Gasteiger partial charge in [0, 0.05) is 43.4 Å². The molecule has 7 nitrogen and oxygen atoms in total. The van der Waals surface area contributed by atoms with E-state index in [1.165, 1.54) is 16.7 Å². The van der Waals surface area contributed by atoms with E-state index < -0.39 is 0 Å². The third-order valence-electron chi connectivity index (χ3n) is 6.62. The van der Waals surface area contributed by atoms with Crippen LogP contribution >= 0.6 is 0 Å². The number of rotatable bonds is 11. The average molecular weight is 512 g/mol. The predicted octanol–water partition coefficient (Wildman–Crippen LogP) is 4.48. The first kappa shape index (κ1) is 26.8. The van der Waals surface area contributed by atoms with Crippen LogP contribution in [0.25, 0.3) is 10.9 Å². The van der Waals surface area contributed by atoms with E-state index >= 15 is 0 Å². The standard InChI is InChI=1S/C31H33N3O4/c1-23-8-6-7-11-25(23)14-16-32-30(22-36)38-27-12-13-28-26(21-35)19-34(29(28)18-27)20-31(37)33(2)17-15-24-9-4-3-5-10-24/h3-13,18-19,21,36H,14-17,20,22H2,1-2H3. The monoisotopic (exact) mass is 511 g/mol. The lowest BCUT2D eigenvalue weighted by molar-refractivity contribution is -0.130. The molecule has 38 heavy (non-hydrogen) atoms. The van der Waals surface area contributed by atoms with Crippen molar-refractivity contribution in [3.8, 4) is 5.75 Å². The number of carbonyl (C=O) groups excluding carboxylic acids is 2. The van der Waals surface area contributed by atoms with E-state index in [0.717, 1.165) is 24.5 Å². The fraction of sp³-hybridized carbons (Fsp3) is 0.258. The zero-order valence-electron chi connectivity index (χ0n) is 21.8. The van der Waals surface area contributed by atoms with Gasteiger partial charge in [-0.25, -0.2) is 0 Å². The zero-order valence-corrected chi connectivity index (χ0v) is 21.8. The quantitative estimate of drug-likeness (QED) is 0.183. The van der Waals surface area contributed by atoms with Crippen LogP contribution in [0.5, 0.6) is 5.75 Å². The lowest BCUT2D eigenvalue weighted by Crippen LogP contribution is -2.31. The summed E-state index contributed by atoms with van der Waals surface area (Å²) in [7, 11) is 1.78. The SMILES string of the molecule is Cc1ccccc1CCN=C(CO)Oc1ccc2c(C=O)cn(CC(=O)N(C)CCc3ccccc3)c2c1. The summed E-state index contributed by atoms with van der Waals surface area (Å²) in [6, 6.07) is 23.5. The summed E-state index contributed by atoms with van der Waals surface area (Å²) in [6.07, 6.45) is 3.98. The van der Waals surface area contributed by atoms with Gasteiger partial charge in [0.25, 0.3) is 0 Å². The van der Waals surface area contributed by atoms with Gasteiger partial charge in [-0.05, 0) is 48.6 Å². The molecule has 0 aliphatic carbocycles. The van der Waals surface area contributed by atoms with Crippen molar-refractivity contribution in [2.45, 2.75) is 26.3 Å². The Morgan fingerprint density at radius 2 is 1.82 bits per heavy atom. The highest BCUT2D eigenvalue weighted by Gasteiger charge is 2.15. The molecular formula is C31H33N3O4. The maximum atomic E-state index is 13.0. The summed E-state index contributed by atoms with van der Waals surface area (Å²) < 4.78 is 7.65. The van der Waals surface area contributed by atoms with E-state index in [1.807, 2.05) is 42.5 Å². The van der Waals surface area contributed by atoms with Crippen LogP contribution in [0.2, 0.25) is 0 Å². The molecule has 0 fully saturated rings. The molecule has 0 bridgehead atoms. The number of aliphatic imine (C=N–C) groups is 1. The van der Waals surface area contributed by atoms with Crippen molar-refractivity contribution >= 4 is 29.0 Å². The number of fused-ring (bicyclic) bond motifs is 1. The van der Waals surface area contributed by atoms with E-state index in [-0.39, 0.29) is 25.0 Å². The molecule has 4 aromatic rings. The number of benzene rings is 3. The number of aliphatic hydroxyl groups is 1. The van der Waals surface area contributed by atoms with E-state index in [9.17, 15) is 14.7 Å². The molecule has 0 atom stereocenters. The van der Waals surface area contributed by atoms with Gasteiger partial charge < -0.3 is 19.3 Å². The molecule has 1 amide bonds. The molecule has 1 N–H and O–H groups in total. The van der Waals surface area contributed by atoms with E-state index in [1.54, 1.807) is 40.9 Å². The Labute approximate surface area is 223 Å². The fourth-order valence-electron chi connectivity index (χ4n) is 4.36. The average Bonchev–Trinajstić information content (AvgIpc) is 3.29. The van der Waals surface area contributed by atoms with Crippen LogP contribution in [0.4, 0.5) is 0 Å². The van der Waals surface area contributed by atoms with Gasteiger partial charge in [-0.1, -0.05) is 54.6 Å².